The molecule has 3 rings (SSSR count). The topological polar surface area (TPSA) is 71.0 Å². The van der Waals surface area contributed by atoms with Gasteiger partial charge in [0.05, 0.1) is 7.11 Å². The standard InChI is InChI=1S/C20H18ClF3N2O4/c1-12-10-19(28,20(22,23)24)26(25-12)18(27)13-3-8-17(29-2)14(9-13)11-30-16-6-4-15(21)5-7-16/h3-10,25,28H,11H2,1-2H3. The molecule has 1 heterocycles. The van der Waals surface area contributed by atoms with Crippen LogP contribution in [0.15, 0.2) is 54.2 Å². The van der Waals surface area contributed by atoms with Crippen LogP contribution >= 0.6 is 11.6 Å². The summed E-state index contributed by atoms with van der Waals surface area (Å²) in [4.78, 5) is 12.8. The van der Waals surface area contributed by atoms with E-state index >= 15 is 0 Å². The molecule has 1 aliphatic rings. The molecule has 0 aromatic heterocycles. The number of nitrogens with one attached hydrogen (secondary N) is 1. The average molecular weight is 443 g/mol. The van der Waals surface area contributed by atoms with Crippen LogP contribution in [0.3, 0.4) is 0 Å². The van der Waals surface area contributed by atoms with E-state index in [9.17, 15) is 23.1 Å². The number of allylic oxidation sites excluding steroid dienone is 1. The van der Waals surface area contributed by atoms with Gasteiger partial charge in [0.15, 0.2) is 0 Å². The van der Waals surface area contributed by atoms with E-state index in [1.54, 1.807) is 24.3 Å². The van der Waals surface area contributed by atoms with Crippen LogP contribution in [0.5, 0.6) is 11.5 Å². The zero-order chi connectivity index (χ0) is 22.1. The fraction of sp³-hybridized carbons (Fsp3) is 0.250. The summed E-state index contributed by atoms with van der Waals surface area (Å²) >= 11 is 5.83. The minimum Gasteiger partial charge on any atom is -0.496 e. The van der Waals surface area contributed by atoms with E-state index in [1.807, 2.05) is 0 Å². The Bertz CT molecular complexity index is 979. The molecule has 10 heteroatoms. The van der Waals surface area contributed by atoms with Gasteiger partial charge in [-0.05, 0) is 55.5 Å². The van der Waals surface area contributed by atoms with E-state index in [4.69, 9.17) is 21.1 Å². The van der Waals surface area contributed by atoms with E-state index < -0.39 is 17.8 Å². The van der Waals surface area contributed by atoms with Gasteiger partial charge in [0, 0.05) is 21.8 Å². The van der Waals surface area contributed by atoms with Crippen LogP contribution < -0.4 is 14.9 Å². The smallest absolute Gasteiger partial charge is 0.442 e. The molecule has 0 bridgehead atoms. The van der Waals surface area contributed by atoms with Gasteiger partial charge in [0.25, 0.3) is 11.6 Å². The fourth-order valence-electron chi connectivity index (χ4n) is 2.92. The number of alkyl halides is 3. The van der Waals surface area contributed by atoms with Crippen LogP contribution in [-0.4, -0.2) is 35.0 Å². The third-order valence-corrected chi connectivity index (χ3v) is 4.65. The highest BCUT2D eigenvalue weighted by atomic mass is 35.5. The summed E-state index contributed by atoms with van der Waals surface area (Å²) in [5, 5.41) is 10.8. The molecule has 0 aliphatic carbocycles. The molecule has 0 saturated carbocycles. The number of aliphatic hydroxyl groups is 1. The molecule has 6 nitrogen and oxygen atoms in total. The second-order valence-electron chi connectivity index (χ2n) is 6.57. The predicted molar refractivity (Wildman–Crippen MR) is 103 cm³/mol. The molecule has 1 atom stereocenters. The molecule has 0 saturated heterocycles. The van der Waals surface area contributed by atoms with Gasteiger partial charge >= 0.3 is 6.18 Å². The van der Waals surface area contributed by atoms with Crippen LogP contribution in [0.2, 0.25) is 5.02 Å². The lowest BCUT2D eigenvalue weighted by atomic mass is 10.1. The minimum absolute atomic E-state index is 0.0111. The van der Waals surface area contributed by atoms with E-state index in [-0.39, 0.29) is 22.9 Å². The first-order valence-electron chi connectivity index (χ1n) is 8.70. The molecule has 0 fully saturated rings. The maximum absolute atomic E-state index is 13.4. The first-order chi connectivity index (χ1) is 14.0. The Kier molecular flexibility index (Phi) is 5.87. The Morgan fingerprint density at radius 3 is 2.50 bits per heavy atom. The molecule has 160 valence electrons. The van der Waals surface area contributed by atoms with Gasteiger partial charge in [-0.1, -0.05) is 11.6 Å². The van der Waals surface area contributed by atoms with Gasteiger partial charge in [0.1, 0.15) is 18.1 Å². The first-order valence-corrected chi connectivity index (χ1v) is 9.08. The zero-order valence-corrected chi connectivity index (χ0v) is 16.7. The summed E-state index contributed by atoms with van der Waals surface area (Å²) in [6, 6.07) is 10.7. The van der Waals surface area contributed by atoms with Crippen LogP contribution in [-0.2, 0) is 6.61 Å². The third-order valence-electron chi connectivity index (χ3n) is 4.40. The normalized spacial score (nSPS) is 18.6. The van der Waals surface area contributed by atoms with Gasteiger partial charge in [-0.15, -0.1) is 0 Å². The van der Waals surface area contributed by atoms with Crippen molar-refractivity contribution in [3.63, 3.8) is 0 Å². The van der Waals surface area contributed by atoms with Crippen molar-refractivity contribution in [1.29, 1.82) is 0 Å². The number of nitrogens with zero attached hydrogens (tertiary/aromatic N) is 1. The number of carbonyl (C=O) groups excluding carboxylic acids is 1. The lowest BCUT2D eigenvalue weighted by Crippen LogP contribution is -2.60. The SMILES string of the molecule is COc1ccc(C(=O)N2NC(C)=CC2(O)C(F)(F)F)cc1COc1ccc(Cl)cc1. The van der Waals surface area contributed by atoms with E-state index in [1.165, 1.54) is 32.2 Å². The van der Waals surface area contributed by atoms with E-state index in [0.29, 0.717) is 28.2 Å². The summed E-state index contributed by atoms with van der Waals surface area (Å²) in [5.41, 5.74) is -0.880. The first kappa shape index (κ1) is 21.8. The maximum atomic E-state index is 13.4. The van der Waals surface area contributed by atoms with Gasteiger partial charge in [-0.3, -0.25) is 10.2 Å². The van der Waals surface area contributed by atoms with Crippen molar-refractivity contribution < 1.29 is 32.5 Å². The van der Waals surface area contributed by atoms with Crippen molar-refractivity contribution in [2.24, 2.45) is 0 Å². The Morgan fingerprint density at radius 2 is 1.90 bits per heavy atom. The molecule has 0 spiro atoms. The molecular formula is C20H18ClF3N2O4. The minimum atomic E-state index is -5.10. The molecule has 2 aromatic carbocycles. The van der Waals surface area contributed by atoms with Crippen LogP contribution in [0.1, 0.15) is 22.8 Å². The number of hydrazine groups is 1. The van der Waals surface area contributed by atoms with Gasteiger partial charge in [-0.2, -0.15) is 13.2 Å². The number of halogens is 4. The van der Waals surface area contributed by atoms with Gasteiger partial charge in [-0.25, -0.2) is 5.01 Å². The fourth-order valence-corrected chi connectivity index (χ4v) is 3.05. The zero-order valence-electron chi connectivity index (χ0n) is 16.0. The monoisotopic (exact) mass is 442 g/mol. The number of ether oxygens (including phenoxy) is 2. The molecule has 0 radical (unpaired) electrons. The molecule has 30 heavy (non-hydrogen) atoms. The molecule has 1 aliphatic heterocycles. The number of amides is 1. The van der Waals surface area contributed by atoms with E-state index in [2.05, 4.69) is 5.43 Å². The quantitative estimate of drug-likeness (QED) is 0.731. The molecular weight excluding hydrogens is 425 g/mol. The van der Waals surface area contributed by atoms with Crippen molar-refractivity contribution in [3.8, 4) is 11.5 Å². The second kappa shape index (κ2) is 8.08. The Balaban J connectivity index is 1.86. The number of benzene rings is 2. The Labute approximate surface area is 175 Å². The van der Waals surface area contributed by atoms with Gasteiger partial charge < -0.3 is 14.6 Å². The summed E-state index contributed by atoms with van der Waals surface area (Å²) in [5.74, 6) is -0.181. The molecule has 2 N–H and O–H groups in total. The number of hydrogen-bond donors (Lipinski definition) is 2. The van der Waals surface area contributed by atoms with Crippen LogP contribution in [0.25, 0.3) is 0 Å². The lowest BCUT2D eigenvalue weighted by molar-refractivity contribution is -0.283. The van der Waals surface area contributed by atoms with Gasteiger partial charge in [0.2, 0.25) is 0 Å². The van der Waals surface area contributed by atoms with Crippen molar-refractivity contribution in [3.05, 3.63) is 70.4 Å². The van der Waals surface area contributed by atoms with Crippen molar-refractivity contribution in [1.82, 2.24) is 10.4 Å². The van der Waals surface area contributed by atoms with Crippen molar-refractivity contribution in [2.45, 2.75) is 25.4 Å². The number of methoxy groups -OCH3 is 1. The van der Waals surface area contributed by atoms with Crippen molar-refractivity contribution >= 4 is 17.5 Å². The summed E-state index contributed by atoms with van der Waals surface area (Å²) in [6.07, 6.45) is -4.56. The van der Waals surface area contributed by atoms with Crippen LogP contribution in [0, 0.1) is 0 Å². The number of hydrogen-bond acceptors (Lipinski definition) is 5. The number of rotatable bonds is 5. The van der Waals surface area contributed by atoms with Crippen LogP contribution in [0.4, 0.5) is 13.2 Å². The lowest BCUT2D eigenvalue weighted by Gasteiger charge is -2.33. The summed E-state index contributed by atoms with van der Waals surface area (Å²) in [6.45, 7) is 1.30. The highest BCUT2D eigenvalue weighted by molar-refractivity contribution is 6.30. The Hall–Kier alpha value is -2.91. The van der Waals surface area contributed by atoms with Crippen molar-refractivity contribution in [2.75, 3.05) is 7.11 Å². The molecule has 2 aromatic rings. The third kappa shape index (κ3) is 4.17. The number of carbonyl (C=O) groups is 1. The second-order valence-corrected chi connectivity index (χ2v) is 7.01. The molecule has 1 unspecified atom stereocenters. The largest absolute Gasteiger partial charge is 0.496 e. The summed E-state index contributed by atoms with van der Waals surface area (Å²) < 4.78 is 51.1. The highest BCUT2D eigenvalue weighted by Crippen LogP contribution is 2.38. The highest BCUT2D eigenvalue weighted by Gasteiger charge is 2.61. The summed E-state index contributed by atoms with van der Waals surface area (Å²) in [7, 11) is 1.42. The van der Waals surface area contributed by atoms with E-state index in [0.717, 1.165) is 0 Å². The predicted octanol–water partition coefficient (Wildman–Crippen LogP) is 4.04. The maximum Gasteiger partial charge on any atom is 0.442 e. The Morgan fingerprint density at radius 1 is 1.23 bits per heavy atom. The average Bonchev–Trinajstić information content (AvgIpc) is 3.02. The molecule has 1 amide bonds.